The van der Waals surface area contributed by atoms with Crippen LogP contribution in [0.1, 0.15) is 40.6 Å². The van der Waals surface area contributed by atoms with Gasteiger partial charge in [-0.2, -0.15) is 5.10 Å². The zero-order valence-electron chi connectivity index (χ0n) is 15.7. The SMILES string of the molecule is Cc1nn(C)c(C)c1[C@H]1OCC[C@@H]1NCc1ccc2c(c1)CCN2C. The second-order valence-corrected chi connectivity index (χ2v) is 7.41. The molecule has 2 aromatic rings. The van der Waals surface area contributed by atoms with Crippen LogP contribution in [0.3, 0.4) is 0 Å². The fourth-order valence-electron chi connectivity index (χ4n) is 4.26. The Balaban J connectivity index is 1.47. The molecule has 0 saturated carbocycles. The molecule has 0 aliphatic carbocycles. The van der Waals surface area contributed by atoms with Crippen molar-refractivity contribution in [2.75, 3.05) is 25.1 Å². The molecule has 1 N–H and O–H groups in total. The van der Waals surface area contributed by atoms with Crippen LogP contribution < -0.4 is 10.2 Å². The smallest absolute Gasteiger partial charge is 0.101 e. The van der Waals surface area contributed by atoms with E-state index in [0.29, 0.717) is 6.04 Å². The lowest BCUT2D eigenvalue weighted by molar-refractivity contribution is 0.0974. The molecule has 4 rings (SSSR count). The van der Waals surface area contributed by atoms with Gasteiger partial charge in [0.05, 0.1) is 5.69 Å². The molecule has 134 valence electrons. The summed E-state index contributed by atoms with van der Waals surface area (Å²) in [5.74, 6) is 0. The van der Waals surface area contributed by atoms with E-state index in [1.54, 1.807) is 0 Å². The van der Waals surface area contributed by atoms with Crippen molar-refractivity contribution in [2.45, 2.75) is 45.4 Å². The summed E-state index contributed by atoms with van der Waals surface area (Å²) >= 11 is 0. The maximum Gasteiger partial charge on any atom is 0.101 e. The van der Waals surface area contributed by atoms with Crippen molar-refractivity contribution in [3.05, 3.63) is 46.3 Å². The highest BCUT2D eigenvalue weighted by atomic mass is 16.5. The summed E-state index contributed by atoms with van der Waals surface area (Å²) in [5.41, 5.74) is 7.76. The Kier molecular flexibility index (Phi) is 4.29. The van der Waals surface area contributed by atoms with Crippen LogP contribution in [0.4, 0.5) is 5.69 Å². The van der Waals surface area contributed by atoms with Gasteiger partial charge >= 0.3 is 0 Å². The molecule has 25 heavy (non-hydrogen) atoms. The lowest BCUT2D eigenvalue weighted by Gasteiger charge is -2.21. The van der Waals surface area contributed by atoms with E-state index in [4.69, 9.17) is 4.74 Å². The topological polar surface area (TPSA) is 42.3 Å². The van der Waals surface area contributed by atoms with Gasteiger partial charge in [-0.1, -0.05) is 12.1 Å². The lowest BCUT2D eigenvalue weighted by atomic mass is 10.00. The van der Waals surface area contributed by atoms with E-state index in [9.17, 15) is 0 Å². The van der Waals surface area contributed by atoms with E-state index < -0.39 is 0 Å². The zero-order valence-corrected chi connectivity index (χ0v) is 15.7. The number of nitrogens with zero attached hydrogens (tertiary/aromatic N) is 3. The quantitative estimate of drug-likeness (QED) is 0.929. The Morgan fingerprint density at radius 2 is 2.12 bits per heavy atom. The largest absolute Gasteiger partial charge is 0.374 e. The summed E-state index contributed by atoms with van der Waals surface area (Å²) in [5, 5.41) is 8.30. The van der Waals surface area contributed by atoms with Crippen molar-refractivity contribution in [3.8, 4) is 0 Å². The molecule has 0 amide bonds. The molecule has 0 unspecified atom stereocenters. The van der Waals surface area contributed by atoms with E-state index in [1.807, 2.05) is 11.7 Å². The van der Waals surface area contributed by atoms with Crippen LogP contribution in [0.25, 0.3) is 0 Å². The Bertz CT molecular complexity index is 782. The molecular formula is C20H28N4O. The molecule has 3 heterocycles. The zero-order chi connectivity index (χ0) is 17.6. The van der Waals surface area contributed by atoms with Gasteiger partial charge in [-0.3, -0.25) is 4.68 Å². The number of hydrogen-bond acceptors (Lipinski definition) is 4. The molecule has 1 fully saturated rings. The predicted molar refractivity (Wildman–Crippen MR) is 100 cm³/mol. The highest BCUT2D eigenvalue weighted by Gasteiger charge is 2.33. The Morgan fingerprint density at radius 3 is 2.88 bits per heavy atom. The van der Waals surface area contributed by atoms with E-state index in [2.05, 4.69) is 54.4 Å². The minimum atomic E-state index is 0.106. The van der Waals surface area contributed by atoms with Gasteiger partial charge in [0.25, 0.3) is 0 Å². The number of anilines is 1. The number of ether oxygens (including phenoxy) is 1. The van der Waals surface area contributed by atoms with Crippen LogP contribution in [0.15, 0.2) is 18.2 Å². The summed E-state index contributed by atoms with van der Waals surface area (Å²) in [6.07, 6.45) is 2.31. The molecule has 5 nitrogen and oxygen atoms in total. The fraction of sp³-hybridized carbons (Fsp3) is 0.550. The van der Waals surface area contributed by atoms with Crippen molar-refractivity contribution in [3.63, 3.8) is 0 Å². The monoisotopic (exact) mass is 340 g/mol. The standard InChI is InChI=1S/C20H28N4O/c1-13-19(14(2)24(4)22-13)20-17(8-10-25-20)21-12-15-5-6-18-16(11-15)7-9-23(18)3/h5-6,11,17,20-21H,7-10,12H2,1-4H3/t17-,20-/m0/s1. The second kappa shape index (κ2) is 6.46. The first-order chi connectivity index (χ1) is 12.0. The minimum absolute atomic E-state index is 0.106. The molecule has 1 aromatic carbocycles. The second-order valence-electron chi connectivity index (χ2n) is 7.41. The van der Waals surface area contributed by atoms with Gasteiger partial charge in [0.1, 0.15) is 6.10 Å². The highest BCUT2D eigenvalue weighted by Crippen LogP contribution is 2.33. The molecule has 0 radical (unpaired) electrons. The maximum atomic E-state index is 6.08. The van der Waals surface area contributed by atoms with Gasteiger partial charge in [-0.25, -0.2) is 0 Å². The van der Waals surface area contributed by atoms with Crippen molar-refractivity contribution in [2.24, 2.45) is 7.05 Å². The van der Waals surface area contributed by atoms with Crippen LogP contribution in [0.5, 0.6) is 0 Å². The van der Waals surface area contributed by atoms with Gasteiger partial charge in [0.2, 0.25) is 0 Å². The van der Waals surface area contributed by atoms with E-state index >= 15 is 0 Å². The predicted octanol–water partition coefficient (Wildman–Crippen LogP) is 2.65. The number of aromatic nitrogens is 2. The Labute approximate surface area is 150 Å². The van der Waals surface area contributed by atoms with Gasteiger partial charge in [-0.05, 0) is 43.9 Å². The van der Waals surface area contributed by atoms with Gasteiger partial charge < -0.3 is 15.0 Å². The minimum Gasteiger partial charge on any atom is -0.374 e. The Morgan fingerprint density at radius 1 is 1.28 bits per heavy atom. The number of nitrogens with one attached hydrogen (secondary N) is 1. The lowest BCUT2D eigenvalue weighted by Crippen LogP contribution is -2.31. The summed E-state index contributed by atoms with van der Waals surface area (Å²) in [6, 6.07) is 7.21. The van der Waals surface area contributed by atoms with Crippen LogP contribution in [-0.4, -0.2) is 36.0 Å². The number of hydrogen-bond donors (Lipinski definition) is 1. The molecule has 0 bridgehead atoms. The van der Waals surface area contributed by atoms with Crippen molar-refractivity contribution < 1.29 is 4.74 Å². The van der Waals surface area contributed by atoms with Crippen LogP contribution in [0, 0.1) is 13.8 Å². The first-order valence-electron chi connectivity index (χ1n) is 9.22. The molecule has 2 aliphatic heterocycles. The first-order valence-corrected chi connectivity index (χ1v) is 9.22. The van der Waals surface area contributed by atoms with Gasteiger partial charge in [0.15, 0.2) is 0 Å². The van der Waals surface area contributed by atoms with Crippen molar-refractivity contribution >= 4 is 5.69 Å². The number of aryl methyl sites for hydroxylation is 2. The van der Waals surface area contributed by atoms with Gasteiger partial charge in [0, 0.05) is 56.8 Å². The normalized spacial score (nSPS) is 22.6. The maximum absolute atomic E-state index is 6.08. The average Bonchev–Trinajstić information content (AvgIpc) is 3.25. The molecule has 1 aromatic heterocycles. The number of likely N-dealkylation sites (N-methyl/N-ethyl adjacent to an activating group) is 1. The number of benzene rings is 1. The molecule has 0 spiro atoms. The molecule has 2 aliphatic rings. The molecule has 5 heteroatoms. The summed E-state index contributed by atoms with van der Waals surface area (Å²) in [4.78, 5) is 2.33. The van der Waals surface area contributed by atoms with Crippen LogP contribution in [-0.2, 0) is 24.8 Å². The third-order valence-electron chi connectivity index (χ3n) is 5.78. The third kappa shape index (κ3) is 2.96. The fourth-order valence-corrected chi connectivity index (χ4v) is 4.26. The van der Waals surface area contributed by atoms with Crippen molar-refractivity contribution in [1.29, 1.82) is 0 Å². The van der Waals surface area contributed by atoms with Crippen LogP contribution >= 0.6 is 0 Å². The Hall–Kier alpha value is -1.85. The molecular weight excluding hydrogens is 312 g/mol. The van der Waals surface area contributed by atoms with E-state index in [1.165, 1.54) is 28.1 Å². The van der Waals surface area contributed by atoms with Crippen molar-refractivity contribution in [1.82, 2.24) is 15.1 Å². The highest BCUT2D eigenvalue weighted by molar-refractivity contribution is 5.58. The summed E-state index contributed by atoms with van der Waals surface area (Å²) in [7, 11) is 4.17. The van der Waals surface area contributed by atoms with Gasteiger partial charge in [-0.15, -0.1) is 0 Å². The molecule has 1 saturated heterocycles. The summed E-state index contributed by atoms with van der Waals surface area (Å²) in [6.45, 7) is 7.04. The third-order valence-corrected chi connectivity index (χ3v) is 5.78. The molecule has 2 atom stereocenters. The van der Waals surface area contributed by atoms with Crippen LogP contribution in [0.2, 0.25) is 0 Å². The summed E-state index contributed by atoms with van der Waals surface area (Å²) < 4.78 is 8.04. The van der Waals surface area contributed by atoms with E-state index in [-0.39, 0.29) is 6.10 Å². The number of rotatable bonds is 4. The number of fused-ring (bicyclic) bond motifs is 1. The first kappa shape index (κ1) is 16.6. The van der Waals surface area contributed by atoms with E-state index in [0.717, 1.165) is 38.2 Å². The average molecular weight is 340 g/mol.